The Labute approximate surface area is 149 Å². The van der Waals surface area contributed by atoms with E-state index in [2.05, 4.69) is 10.2 Å². The summed E-state index contributed by atoms with van der Waals surface area (Å²) in [6.07, 6.45) is 3.79. The van der Waals surface area contributed by atoms with Crippen LogP contribution in [-0.4, -0.2) is 56.2 Å². The van der Waals surface area contributed by atoms with E-state index in [-0.39, 0.29) is 5.91 Å². The van der Waals surface area contributed by atoms with Gasteiger partial charge in [0.2, 0.25) is 5.91 Å². The van der Waals surface area contributed by atoms with Gasteiger partial charge in [0.25, 0.3) is 0 Å². The molecule has 1 aromatic rings. The summed E-state index contributed by atoms with van der Waals surface area (Å²) >= 11 is 2.95. The third-order valence-electron chi connectivity index (χ3n) is 3.80. The molecule has 0 unspecified atom stereocenters. The number of esters is 1. The van der Waals surface area contributed by atoms with Crippen LogP contribution in [0.3, 0.4) is 0 Å². The molecule has 0 bridgehead atoms. The molecule has 0 aromatic carbocycles. The van der Waals surface area contributed by atoms with Gasteiger partial charge in [0.15, 0.2) is 5.16 Å². The third-order valence-corrected chi connectivity index (χ3v) is 5.82. The van der Waals surface area contributed by atoms with Gasteiger partial charge in [-0.25, -0.2) is 4.79 Å². The number of hydrogen-bond donors (Lipinski definition) is 0. The summed E-state index contributed by atoms with van der Waals surface area (Å²) in [6, 6.07) is 0. The molecular weight excluding hydrogens is 348 g/mol. The lowest BCUT2D eigenvalue weighted by Crippen LogP contribution is -2.27. The molecule has 7 nitrogen and oxygen atoms in total. The molecule has 0 spiro atoms. The second kappa shape index (κ2) is 7.60. The van der Waals surface area contributed by atoms with Crippen LogP contribution in [0.25, 0.3) is 0 Å². The van der Waals surface area contributed by atoms with Gasteiger partial charge in [0.05, 0.1) is 23.5 Å². The highest BCUT2D eigenvalue weighted by Crippen LogP contribution is 2.39. The molecule has 130 valence electrons. The minimum Gasteiger partial charge on any atom is -0.463 e. The number of hydrogen-bond acceptors (Lipinski definition) is 7. The van der Waals surface area contributed by atoms with Crippen molar-refractivity contribution in [2.75, 3.05) is 24.7 Å². The topological polar surface area (TPSA) is 77.3 Å². The zero-order chi connectivity index (χ0) is 17.1. The third kappa shape index (κ3) is 3.94. The van der Waals surface area contributed by atoms with Crippen molar-refractivity contribution < 1.29 is 14.3 Å². The number of nitrogens with zero attached hydrogens (tertiary/aromatic N) is 4. The molecule has 9 heteroatoms. The maximum Gasteiger partial charge on any atom is 0.333 e. The first-order chi connectivity index (χ1) is 11.6. The van der Waals surface area contributed by atoms with Gasteiger partial charge in [0.1, 0.15) is 5.82 Å². The first-order valence-electron chi connectivity index (χ1n) is 7.93. The first-order valence-corrected chi connectivity index (χ1v) is 9.91. The van der Waals surface area contributed by atoms with Crippen LogP contribution >= 0.6 is 23.5 Å². The minimum atomic E-state index is -0.408. The van der Waals surface area contributed by atoms with Crippen LogP contribution < -0.4 is 0 Å². The quantitative estimate of drug-likeness (QED) is 0.412. The van der Waals surface area contributed by atoms with Gasteiger partial charge in [-0.05, 0) is 19.8 Å². The summed E-state index contributed by atoms with van der Waals surface area (Å²) in [5, 5.41) is 10.0. The number of thioether (sulfide) groups is 2. The first kappa shape index (κ1) is 17.3. The summed E-state index contributed by atoms with van der Waals surface area (Å²) in [4.78, 5) is 25.2. The lowest BCUT2D eigenvalue weighted by Gasteiger charge is -2.16. The van der Waals surface area contributed by atoms with Crippen molar-refractivity contribution in [1.29, 1.82) is 0 Å². The molecule has 2 aliphatic rings. The molecule has 0 atom stereocenters. The van der Waals surface area contributed by atoms with Crippen LogP contribution in [0.5, 0.6) is 0 Å². The predicted molar refractivity (Wildman–Crippen MR) is 92.6 cm³/mol. The van der Waals surface area contributed by atoms with E-state index in [1.165, 1.54) is 30.7 Å². The Morgan fingerprint density at radius 1 is 1.46 bits per heavy atom. The zero-order valence-electron chi connectivity index (χ0n) is 13.7. The van der Waals surface area contributed by atoms with Crippen molar-refractivity contribution >= 4 is 35.4 Å². The van der Waals surface area contributed by atoms with Crippen LogP contribution in [0.15, 0.2) is 16.3 Å². The van der Waals surface area contributed by atoms with Gasteiger partial charge >= 0.3 is 5.97 Å². The Morgan fingerprint density at radius 3 is 2.96 bits per heavy atom. The molecule has 3 rings (SSSR count). The van der Waals surface area contributed by atoms with E-state index in [4.69, 9.17) is 4.74 Å². The summed E-state index contributed by atoms with van der Waals surface area (Å²) in [7, 11) is 1.99. The number of aromatic nitrogens is 3. The lowest BCUT2D eigenvalue weighted by atomic mass is 10.4. The average Bonchev–Trinajstić information content (AvgIpc) is 3.25. The molecule has 0 radical (unpaired) electrons. The Balaban J connectivity index is 1.56. The van der Waals surface area contributed by atoms with Gasteiger partial charge < -0.3 is 14.2 Å². The molecule has 1 saturated carbocycles. The fourth-order valence-corrected chi connectivity index (χ4v) is 4.23. The Kier molecular flexibility index (Phi) is 5.50. The molecule has 1 aliphatic heterocycles. The van der Waals surface area contributed by atoms with Crippen molar-refractivity contribution in [2.45, 2.75) is 30.8 Å². The average molecular weight is 368 g/mol. The number of amides is 1. The van der Waals surface area contributed by atoms with Crippen molar-refractivity contribution in [3.05, 3.63) is 16.9 Å². The van der Waals surface area contributed by atoms with E-state index in [1.807, 2.05) is 11.6 Å². The summed E-state index contributed by atoms with van der Waals surface area (Å²) in [5.41, 5.74) is 0. The molecule has 1 amide bonds. The van der Waals surface area contributed by atoms with Gasteiger partial charge in [-0.3, -0.25) is 4.79 Å². The molecule has 0 N–H and O–H groups in total. The van der Waals surface area contributed by atoms with Crippen LogP contribution in [0.4, 0.5) is 0 Å². The van der Waals surface area contributed by atoms with Gasteiger partial charge in [0, 0.05) is 25.3 Å². The number of ether oxygens (including phenoxy) is 1. The zero-order valence-corrected chi connectivity index (χ0v) is 15.4. The van der Waals surface area contributed by atoms with Crippen LogP contribution in [0.2, 0.25) is 0 Å². The minimum absolute atomic E-state index is 0.0211. The fraction of sp³-hybridized carbons (Fsp3) is 0.600. The molecule has 1 aliphatic carbocycles. The van der Waals surface area contributed by atoms with Gasteiger partial charge in [-0.1, -0.05) is 23.5 Å². The lowest BCUT2D eigenvalue weighted by molar-refractivity contribution is -0.137. The molecule has 24 heavy (non-hydrogen) atoms. The Bertz CT molecular complexity index is 670. The van der Waals surface area contributed by atoms with Crippen molar-refractivity contribution in [1.82, 2.24) is 19.7 Å². The highest BCUT2D eigenvalue weighted by Gasteiger charge is 2.30. The normalized spacial score (nSPS) is 19.3. The molecular formula is C15H20N4O3S2. The fourth-order valence-electron chi connectivity index (χ4n) is 2.43. The van der Waals surface area contributed by atoms with E-state index < -0.39 is 5.97 Å². The number of carbonyl (C=O) groups is 2. The highest BCUT2D eigenvalue weighted by atomic mass is 32.2. The summed E-state index contributed by atoms with van der Waals surface area (Å²) in [6.45, 7) is 2.62. The largest absolute Gasteiger partial charge is 0.463 e. The SMILES string of the molecule is CCOC(=O)/C=C1\SCC(=O)N1CCSc1nnc(C2CC2)n1C. The molecule has 1 aromatic heterocycles. The smallest absolute Gasteiger partial charge is 0.333 e. The Morgan fingerprint density at radius 2 is 2.25 bits per heavy atom. The van der Waals surface area contributed by atoms with Gasteiger partial charge in [-0.15, -0.1) is 10.2 Å². The molecule has 2 heterocycles. The highest BCUT2D eigenvalue weighted by molar-refractivity contribution is 8.04. The monoisotopic (exact) mass is 368 g/mol. The van der Waals surface area contributed by atoms with Crippen molar-refractivity contribution in [3.63, 3.8) is 0 Å². The van der Waals surface area contributed by atoms with Crippen LogP contribution in [0.1, 0.15) is 31.5 Å². The maximum atomic E-state index is 12.0. The second-order valence-corrected chi connectivity index (χ2v) is 7.65. The number of carbonyl (C=O) groups excluding carboxylic acids is 2. The van der Waals surface area contributed by atoms with Crippen LogP contribution in [0, 0.1) is 0 Å². The van der Waals surface area contributed by atoms with E-state index >= 15 is 0 Å². The van der Waals surface area contributed by atoms with E-state index in [9.17, 15) is 9.59 Å². The molecule has 2 fully saturated rings. The van der Waals surface area contributed by atoms with Crippen molar-refractivity contribution in [3.8, 4) is 0 Å². The summed E-state index contributed by atoms with van der Waals surface area (Å²) < 4.78 is 6.95. The molecule has 1 saturated heterocycles. The second-order valence-electron chi connectivity index (χ2n) is 5.59. The predicted octanol–water partition coefficient (Wildman–Crippen LogP) is 1.76. The summed E-state index contributed by atoms with van der Waals surface area (Å²) in [5.74, 6) is 2.29. The Hall–Kier alpha value is -1.48. The maximum absolute atomic E-state index is 12.0. The van der Waals surface area contributed by atoms with E-state index in [1.54, 1.807) is 23.6 Å². The van der Waals surface area contributed by atoms with Crippen LogP contribution in [-0.2, 0) is 21.4 Å². The van der Waals surface area contributed by atoms with Gasteiger partial charge in [-0.2, -0.15) is 0 Å². The number of rotatable bonds is 7. The van der Waals surface area contributed by atoms with Crippen molar-refractivity contribution in [2.24, 2.45) is 7.05 Å². The van der Waals surface area contributed by atoms with E-state index in [0.717, 1.165) is 11.0 Å². The standard InChI is InChI=1S/C15H20N4O3S2/c1-3-22-13(21)8-12-19(11(20)9-24-12)6-7-23-15-17-16-14(18(15)2)10-4-5-10/h8,10H,3-7,9H2,1-2H3/b12-8-. The van der Waals surface area contributed by atoms with E-state index in [0.29, 0.717) is 35.6 Å².